The highest BCUT2D eigenvalue weighted by atomic mass is 28.4. The number of azide groups is 1. The minimum absolute atomic E-state index is 0.0531. The summed E-state index contributed by atoms with van der Waals surface area (Å²) in [5.74, 6) is 0. The first-order chi connectivity index (χ1) is 5.99. The maximum absolute atomic E-state index is 8.49. The van der Waals surface area contributed by atoms with Gasteiger partial charge in [-0.25, -0.2) is 0 Å². The van der Waals surface area contributed by atoms with Crippen LogP contribution < -0.4 is 0 Å². The van der Waals surface area contributed by atoms with Gasteiger partial charge in [0.1, 0.15) is 0 Å². The van der Waals surface area contributed by atoms with E-state index in [1.165, 1.54) is 0 Å². The Morgan fingerprint density at radius 1 is 1.54 bits per heavy atom. The Balaban J connectivity index is 3.94. The molecule has 6 nitrogen and oxygen atoms in total. The number of rotatable bonds is 5. The normalized spacial score (nSPS) is 12.4. The van der Waals surface area contributed by atoms with Crippen LogP contribution in [-0.2, 0) is 4.43 Å². The molecule has 0 aliphatic carbocycles. The lowest BCUT2D eigenvalue weighted by atomic mass is 10.4. The van der Waals surface area contributed by atoms with Crippen LogP contribution in [-0.4, -0.2) is 32.4 Å². The van der Waals surface area contributed by atoms with E-state index < -0.39 is 8.32 Å². The summed E-state index contributed by atoms with van der Waals surface area (Å²) >= 11 is 0. The van der Waals surface area contributed by atoms with Crippen molar-refractivity contribution in [2.24, 2.45) is 10.3 Å². The monoisotopic (exact) mass is 202 g/mol. The number of hydrogen-bond acceptors (Lipinski definition) is 4. The van der Waals surface area contributed by atoms with Crippen molar-refractivity contribution in [3.63, 3.8) is 0 Å². The Bertz CT molecular complexity index is 229. The average Bonchev–Trinajstić information content (AvgIpc) is 2.03. The molecule has 0 spiro atoms. The molecular weight excluding hydrogens is 188 g/mol. The molecule has 0 aromatic heterocycles. The minimum atomic E-state index is -1.60. The van der Waals surface area contributed by atoms with Crippen LogP contribution in [0, 0.1) is 0 Å². The van der Waals surface area contributed by atoms with Crippen LogP contribution in [0.15, 0.2) is 10.3 Å². The summed E-state index contributed by atoms with van der Waals surface area (Å²) in [6.45, 7) is 6.35. The lowest BCUT2D eigenvalue weighted by Gasteiger charge is -2.16. The minimum Gasteiger partial charge on any atom is -0.412 e. The Labute approximate surface area is 78.0 Å². The van der Waals surface area contributed by atoms with Crippen molar-refractivity contribution < 1.29 is 9.63 Å². The lowest BCUT2D eigenvalue weighted by molar-refractivity contribution is 0.305. The van der Waals surface area contributed by atoms with Crippen LogP contribution in [0.4, 0.5) is 0 Å². The van der Waals surface area contributed by atoms with Gasteiger partial charge in [-0.05, 0) is 25.2 Å². The van der Waals surface area contributed by atoms with Crippen molar-refractivity contribution in [2.45, 2.75) is 19.6 Å². The molecule has 0 unspecified atom stereocenters. The number of hydrogen-bond donors (Lipinski definition) is 1. The van der Waals surface area contributed by atoms with Gasteiger partial charge in [0.05, 0.1) is 18.9 Å². The number of nitrogens with zero attached hydrogens (tertiary/aromatic N) is 4. The molecule has 0 aliphatic heterocycles. The Hall–Kier alpha value is -1.04. The summed E-state index contributed by atoms with van der Waals surface area (Å²) in [7, 11) is -1.60. The van der Waals surface area contributed by atoms with E-state index in [-0.39, 0.29) is 13.2 Å². The smallest absolute Gasteiger partial charge is 0.184 e. The molecule has 0 aromatic carbocycles. The van der Waals surface area contributed by atoms with Crippen LogP contribution in [0.5, 0.6) is 0 Å². The van der Waals surface area contributed by atoms with Gasteiger partial charge in [-0.1, -0.05) is 10.3 Å². The highest BCUT2D eigenvalue weighted by molar-refractivity contribution is 6.69. The first-order valence-electron chi connectivity index (χ1n) is 3.84. The van der Waals surface area contributed by atoms with Crippen molar-refractivity contribution in [1.82, 2.24) is 0 Å². The molecule has 0 fully saturated rings. The van der Waals surface area contributed by atoms with Gasteiger partial charge in [-0.3, -0.25) is 0 Å². The Morgan fingerprint density at radius 2 is 2.15 bits per heavy atom. The molecule has 0 heterocycles. The van der Waals surface area contributed by atoms with Crippen LogP contribution in [0.3, 0.4) is 0 Å². The zero-order valence-corrected chi connectivity index (χ0v) is 9.06. The fraction of sp³-hybridized carbons (Fsp3) is 0.833. The highest BCUT2D eigenvalue weighted by Gasteiger charge is 2.15. The van der Waals surface area contributed by atoms with Gasteiger partial charge in [0, 0.05) is 4.91 Å². The third kappa shape index (κ3) is 7.32. The third-order valence-corrected chi connectivity index (χ3v) is 2.14. The van der Waals surface area contributed by atoms with Crippen LogP contribution >= 0.6 is 0 Å². The highest BCUT2D eigenvalue weighted by Crippen LogP contribution is 2.02. The van der Waals surface area contributed by atoms with Crippen molar-refractivity contribution in [1.29, 1.82) is 0 Å². The molecular formula is C6H14N4O2Si. The van der Waals surface area contributed by atoms with E-state index in [2.05, 4.69) is 15.2 Å². The van der Waals surface area contributed by atoms with Crippen molar-refractivity contribution >= 4 is 14.0 Å². The molecule has 0 amide bonds. The SMILES string of the molecule is C[Si](C)(C)OC/C(CN=[N+]=[N-])=N/O. The van der Waals surface area contributed by atoms with E-state index >= 15 is 0 Å². The maximum atomic E-state index is 8.49. The van der Waals surface area contributed by atoms with Crippen LogP contribution in [0.25, 0.3) is 10.4 Å². The summed E-state index contributed by atoms with van der Waals surface area (Å²) in [6, 6.07) is 0. The molecule has 0 aliphatic rings. The van der Waals surface area contributed by atoms with E-state index in [1.54, 1.807) is 0 Å². The molecule has 7 heteroatoms. The fourth-order valence-electron chi connectivity index (χ4n) is 0.519. The van der Waals surface area contributed by atoms with Crippen molar-refractivity contribution in [3.8, 4) is 0 Å². The van der Waals surface area contributed by atoms with E-state index in [1.807, 2.05) is 19.6 Å². The zero-order valence-electron chi connectivity index (χ0n) is 8.06. The molecule has 0 radical (unpaired) electrons. The third-order valence-electron chi connectivity index (χ3n) is 1.13. The van der Waals surface area contributed by atoms with Crippen molar-refractivity contribution in [2.75, 3.05) is 13.2 Å². The Morgan fingerprint density at radius 3 is 2.54 bits per heavy atom. The second kappa shape index (κ2) is 5.58. The summed E-state index contributed by atoms with van der Waals surface area (Å²) in [4.78, 5) is 2.56. The maximum Gasteiger partial charge on any atom is 0.184 e. The van der Waals surface area contributed by atoms with Gasteiger partial charge in [-0.15, -0.1) is 0 Å². The van der Waals surface area contributed by atoms with E-state index in [0.29, 0.717) is 5.71 Å². The number of oxime groups is 1. The molecule has 0 rings (SSSR count). The first kappa shape index (κ1) is 12.0. The van der Waals surface area contributed by atoms with Gasteiger partial charge < -0.3 is 9.63 Å². The zero-order chi connectivity index (χ0) is 10.3. The van der Waals surface area contributed by atoms with E-state index in [0.717, 1.165) is 0 Å². The fourth-order valence-corrected chi connectivity index (χ4v) is 1.12. The molecule has 0 bridgehead atoms. The summed E-state index contributed by atoms with van der Waals surface area (Å²) in [5.41, 5.74) is 8.38. The second-order valence-electron chi connectivity index (χ2n) is 3.46. The van der Waals surface area contributed by atoms with E-state index in [4.69, 9.17) is 15.2 Å². The second-order valence-corrected chi connectivity index (χ2v) is 7.97. The summed E-state index contributed by atoms with van der Waals surface area (Å²) in [6.07, 6.45) is 0. The predicted octanol–water partition coefficient (Wildman–Crippen LogP) is 1.98. The topological polar surface area (TPSA) is 90.6 Å². The van der Waals surface area contributed by atoms with Gasteiger partial charge >= 0.3 is 0 Å². The average molecular weight is 202 g/mol. The molecule has 13 heavy (non-hydrogen) atoms. The van der Waals surface area contributed by atoms with Crippen LogP contribution in [0.1, 0.15) is 0 Å². The van der Waals surface area contributed by atoms with Crippen molar-refractivity contribution in [3.05, 3.63) is 10.4 Å². The molecule has 0 aromatic rings. The van der Waals surface area contributed by atoms with Gasteiger partial charge in [0.15, 0.2) is 8.32 Å². The van der Waals surface area contributed by atoms with Gasteiger partial charge in [0.2, 0.25) is 0 Å². The molecule has 0 saturated heterocycles. The Kier molecular flexibility index (Phi) is 5.13. The van der Waals surface area contributed by atoms with E-state index in [9.17, 15) is 0 Å². The molecule has 0 atom stereocenters. The first-order valence-corrected chi connectivity index (χ1v) is 7.25. The summed E-state index contributed by atoms with van der Waals surface area (Å²) < 4.78 is 5.44. The lowest BCUT2D eigenvalue weighted by Crippen LogP contribution is -2.29. The molecule has 74 valence electrons. The summed E-state index contributed by atoms with van der Waals surface area (Å²) in [5, 5.41) is 14.7. The predicted molar refractivity (Wildman–Crippen MR) is 52.5 cm³/mol. The van der Waals surface area contributed by atoms with Gasteiger partial charge in [-0.2, -0.15) is 0 Å². The van der Waals surface area contributed by atoms with Gasteiger partial charge in [0.25, 0.3) is 0 Å². The standard InChI is InChI=1S/C6H14N4O2Si/c1-13(2,3)12-5-6(9-11)4-8-10-7/h11H,4-5H2,1-3H3/b9-6+. The van der Waals surface area contributed by atoms with Crippen LogP contribution in [0.2, 0.25) is 19.6 Å². The molecule has 0 saturated carbocycles. The quantitative estimate of drug-likeness (QED) is 0.140. The largest absolute Gasteiger partial charge is 0.412 e. The molecule has 1 N–H and O–H groups in total.